The highest BCUT2D eigenvalue weighted by Crippen LogP contribution is 2.34. The van der Waals surface area contributed by atoms with Crippen molar-refractivity contribution in [3.8, 4) is 22.4 Å². The molecule has 5 aromatic rings. The van der Waals surface area contributed by atoms with E-state index in [1.54, 1.807) is 24.4 Å². The van der Waals surface area contributed by atoms with Gasteiger partial charge >= 0.3 is 5.69 Å². The van der Waals surface area contributed by atoms with Crippen molar-refractivity contribution >= 4 is 11.6 Å². The molecule has 0 spiro atoms. The zero-order valence-electron chi connectivity index (χ0n) is 17.8. The molecule has 164 valence electrons. The molecule has 5 rings (SSSR count). The summed E-state index contributed by atoms with van der Waals surface area (Å²) in [6, 6.07) is 16.7. The number of nitrogens with two attached hydrogens (primary N) is 1. The molecular formula is C23H20N8O2. The lowest BCUT2D eigenvalue weighted by Crippen LogP contribution is -2.24. The number of fused-ring (bicyclic) bond motifs is 1. The molecule has 0 unspecified atom stereocenters. The van der Waals surface area contributed by atoms with E-state index in [2.05, 4.69) is 25.3 Å². The van der Waals surface area contributed by atoms with Crippen molar-refractivity contribution in [2.45, 2.75) is 20.1 Å². The number of anilines is 1. The molecule has 10 nitrogen and oxygen atoms in total. The summed E-state index contributed by atoms with van der Waals surface area (Å²) < 4.78 is 2.57. The number of aliphatic hydroxyl groups is 1. The van der Waals surface area contributed by atoms with Gasteiger partial charge in [-0.3, -0.25) is 4.98 Å². The van der Waals surface area contributed by atoms with Gasteiger partial charge in [0.2, 0.25) is 5.95 Å². The van der Waals surface area contributed by atoms with Crippen LogP contribution in [0.1, 0.15) is 17.1 Å². The van der Waals surface area contributed by atoms with Gasteiger partial charge in [0, 0.05) is 17.5 Å². The van der Waals surface area contributed by atoms with Crippen LogP contribution < -0.4 is 11.4 Å². The average molecular weight is 440 g/mol. The number of pyridine rings is 1. The smallest absolute Gasteiger partial charge is 0.353 e. The van der Waals surface area contributed by atoms with Gasteiger partial charge in [0.05, 0.1) is 35.8 Å². The predicted molar refractivity (Wildman–Crippen MR) is 122 cm³/mol. The molecule has 1 aromatic carbocycles. The molecule has 10 heteroatoms. The van der Waals surface area contributed by atoms with Crippen LogP contribution in [0.15, 0.2) is 65.6 Å². The number of nitrogens with zero attached hydrogens (tertiary/aromatic N) is 7. The van der Waals surface area contributed by atoms with Gasteiger partial charge in [0.1, 0.15) is 0 Å². The molecular weight excluding hydrogens is 420 g/mol. The summed E-state index contributed by atoms with van der Waals surface area (Å²) in [6.45, 7) is 1.75. The van der Waals surface area contributed by atoms with Crippen LogP contribution in [0.5, 0.6) is 0 Å². The van der Waals surface area contributed by atoms with E-state index >= 15 is 0 Å². The Kier molecular flexibility index (Phi) is 5.11. The van der Waals surface area contributed by atoms with E-state index in [0.717, 1.165) is 11.1 Å². The van der Waals surface area contributed by atoms with Gasteiger partial charge in [-0.25, -0.2) is 18.9 Å². The van der Waals surface area contributed by atoms with Gasteiger partial charge in [0.15, 0.2) is 5.65 Å². The molecule has 0 fully saturated rings. The highest BCUT2D eigenvalue weighted by molar-refractivity contribution is 5.90. The maximum atomic E-state index is 13.2. The van der Waals surface area contributed by atoms with Crippen LogP contribution in [0.25, 0.3) is 28.0 Å². The Balaban J connectivity index is 1.83. The average Bonchev–Trinajstić information content (AvgIpc) is 3.15. The number of hydrogen-bond acceptors (Lipinski definition) is 8. The maximum absolute atomic E-state index is 13.2. The number of aromatic nitrogens is 7. The van der Waals surface area contributed by atoms with Crippen LogP contribution in [0.4, 0.5) is 5.95 Å². The molecule has 33 heavy (non-hydrogen) atoms. The number of hydrogen-bond donors (Lipinski definition) is 2. The van der Waals surface area contributed by atoms with E-state index < -0.39 is 5.69 Å². The highest BCUT2D eigenvalue weighted by atomic mass is 16.3. The Hall–Kier alpha value is -4.44. The van der Waals surface area contributed by atoms with E-state index in [4.69, 9.17) is 5.73 Å². The second-order valence-corrected chi connectivity index (χ2v) is 7.52. The van der Waals surface area contributed by atoms with Crippen molar-refractivity contribution in [1.82, 2.24) is 34.3 Å². The third-order valence-electron chi connectivity index (χ3n) is 5.20. The predicted octanol–water partition coefficient (Wildman–Crippen LogP) is 1.84. The van der Waals surface area contributed by atoms with Crippen LogP contribution in [0, 0.1) is 6.92 Å². The molecule has 0 saturated carbocycles. The largest absolute Gasteiger partial charge is 0.390 e. The van der Waals surface area contributed by atoms with E-state index in [1.165, 1.54) is 9.08 Å². The number of aliphatic hydroxyl groups excluding tert-OH is 1. The summed E-state index contributed by atoms with van der Waals surface area (Å²) in [4.78, 5) is 22.2. The number of benzene rings is 1. The standard InChI is InChI=1S/C23H20N8O2/c1-14-10-16(11-18(13-32)26-14)19-20(15-6-3-2-4-7-15)27-22(24)31-21(19)29-30(23(31)33)12-17-8-5-9-25-28-17/h2-11,32H,12-13H2,1H3,(H2,24,27). The van der Waals surface area contributed by atoms with Crippen molar-refractivity contribution in [1.29, 1.82) is 0 Å². The number of aryl methyl sites for hydroxylation is 1. The molecule has 0 aliphatic heterocycles. The molecule has 0 atom stereocenters. The van der Waals surface area contributed by atoms with Gasteiger partial charge in [-0.15, -0.1) is 5.10 Å². The number of rotatable bonds is 5. The summed E-state index contributed by atoms with van der Waals surface area (Å²) in [7, 11) is 0. The van der Waals surface area contributed by atoms with Gasteiger partial charge in [-0.05, 0) is 36.8 Å². The molecule has 3 N–H and O–H groups in total. The maximum Gasteiger partial charge on any atom is 0.353 e. The fourth-order valence-electron chi connectivity index (χ4n) is 3.81. The fourth-order valence-corrected chi connectivity index (χ4v) is 3.81. The first-order valence-corrected chi connectivity index (χ1v) is 10.2. The Morgan fingerprint density at radius 2 is 1.82 bits per heavy atom. The lowest BCUT2D eigenvalue weighted by atomic mass is 9.99. The molecule has 0 amide bonds. The first kappa shape index (κ1) is 20.5. The zero-order chi connectivity index (χ0) is 22.9. The topological polar surface area (TPSA) is 137 Å². The Labute approximate surface area is 188 Å². The van der Waals surface area contributed by atoms with E-state index in [1.807, 2.05) is 43.3 Å². The SMILES string of the molecule is Cc1cc(-c2c(-c3ccccc3)nc(N)n3c(=O)n(Cc4cccnn4)nc23)cc(CO)n1. The number of nitrogen functional groups attached to an aromatic ring is 1. The third-order valence-corrected chi connectivity index (χ3v) is 5.20. The van der Waals surface area contributed by atoms with Gasteiger partial charge in [-0.1, -0.05) is 30.3 Å². The van der Waals surface area contributed by atoms with E-state index in [9.17, 15) is 9.90 Å². The van der Waals surface area contributed by atoms with Crippen LogP contribution in [0.2, 0.25) is 0 Å². The molecule has 4 heterocycles. The molecule has 0 radical (unpaired) electrons. The first-order valence-electron chi connectivity index (χ1n) is 10.2. The quantitative estimate of drug-likeness (QED) is 0.422. The zero-order valence-corrected chi connectivity index (χ0v) is 17.8. The summed E-state index contributed by atoms with van der Waals surface area (Å²) in [5.74, 6) is 0.0242. The van der Waals surface area contributed by atoms with Crippen molar-refractivity contribution in [3.05, 3.63) is 88.4 Å². The Bertz CT molecular complexity index is 1510. The van der Waals surface area contributed by atoms with E-state index in [-0.39, 0.29) is 19.1 Å². The van der Waals surface area contributed by atoms with Crippen LogP contribution in [-0.2, 0) is 13.2 Å². The van der Waals surface area contributed by atoms with Crippen LogP contribution >= 0.6 is 0 Å². The van der Waals surface area contributed by atoms with Crippen molar-refractivity contribution in [2.24, 2.45) is 0 Å². The second-order valence-electron chi connectivity index (χ2n) is 7.52. The van der Waals surface area contributed by atoms with E-state index in [0.29, 0.717) is 34.0 Å². The third kappa shape index (κ3) is 3.72. The molecule has 0 aliphatic rings. The van der Waals surface area contributed by atoms with Gasteiger partial charge in [-0.2, -0.15) is 10.2 Å². The molecule has 0 aliphatic carbocycles. The lowest BCUT2D eigenvalue weighted by molar-refractivity contribution is 0.276. The minimum atomic E-state index is -0.435. The summed E-state index contributed by atoms with van der Waals surface area (Å²) >= 11 is 0. The van der Waals surface area contributed by atoms with Crippen LogP contribution in [-0.4, -0.2) is 39.5 Å². The van der Waals surface area contributed by atoms with Gasteiger partial charge < -0.3 is 10.8 Å². The minimum Gasteiger partial charge on any atom is -0.390 e. The Morgan fingerprint density at radius 3 is 2.55 bits per heavy atom. The lowest BCUT2D eigenvalue weighted by Gasteiger charge is -2.13. The first-order chi connectivity index (χ1) is 16.0. The molecule has 4 aromatic heterocycles. The summed E-state index contributed by atoms with van der Waals surface area (Å²) in [6.07, 6.45) is 1.56. The molecule has 0 saturated heterocycles. The second kappa shape index (κ2) is 8.24. The van der Waals surface area contributed by atoms with Gasteiger partial charge in [0.25, 0.3) is 0 Å². The highest BCUT2D eigenvalue weighted by Gasteiger charge is 2.22. The van der Waals surface area contributed by atoms with Crippen molar-refractivity contribution in [2.75, 3.05) is 5.73 Å². The summed E-state index contributed by atoms with van der Waals surface area (Å²) in [5, 5.41) is 22.2. The molecule has 0 bridgehead atoms. The summed E-state index contributed by atoms with van der Waals surface area (Å²) in [5.41, 5.74) is 10.7. The van der Waals surface area contributed by atoms with Crippen molar-refractivity contribution < 1.29 is 5.11 Å². The normalized spacial score (nSPS) is 11.2. The minimum absolute atomic E-state index is 0.0242. The Morgan fingerprint density at radius 1 is 1.00 bits per heavy atom. The van der Waals surface area contributed by atoms with Crippen LogP contribution in [0.3, 0.4) is 0 Å². The monoisotopic (exact) mass is 440 g/mol. The fraction of sp³-hybridized carbons (Fsp3) is 0.130. The van der Waals surface area contributed by atoms with Crippen molar-refractivity contribution in [3.63, 3.8) is 0 Å².